The summed E-state index contributed by atoms with van der Waals surface area (Å²) in [6, 6.07) is 15.1. The van der Waals surface area contributed by atoms with E-state index in [1.54, 1.807) is 19.3 Å². The summed E-state index contributed by atoms with van der Waals surface area (Å²) in [5.74, 6) is 0.711. The molecule has 0 bridgehead atoms. The first-order valence-electron chi connectivity index (χ1n) is 10.2. The van der Waals surface area contributed by atoms with E-state index in [2.05, 4.69) is 0 Å². The van der Waals surface area contributed by atoms with Gasteiger partial charge in [0.25, 0.3) is 11.8 Å². The number of benzene rings is 2. The van der Waals surface area contributed by atoms with E-state index >= 15 is 0 Å². The number of rotatable bonds is 5. The summed E-state index contributed by atoms with van der Waals surface area (Å²) in [5.41, 5.74) is 2.40. The van der Waals surface area contributed by atoms with Crippen LogP contribution in [-0.4, -0.2) is 37.0 Å². The number of methoxy groups -OCH3 is 1. The molecule has 5 nitrogen and oxygen atoms in total. The molecule has 2 aliphatic rings. The summed E-state index contributed by atoms with van der Waals surface area (Å²) in [4.78, 5) is 26.5. The predicted octanol–water partition coefficient (Wildman–Crippen LogP) is 4.48. The summed E-state index contributed by atoms with van der Waals surface area (Å²) in [7, 11) is 3.11. The van der Waals surface area contributed by atoms with Crippen molar-refractivity contribution >= 4 is 24.0 Å². The van der Waals surface area contributed by atoms with E-state index in [0.29, 0.717) is 22.6 Å². The van der Waals surface area contributed by atoms with E-state index in [1.165, 1.54) is 19.9 Å². The lowest BCUT2D eigenvalue weighted by Gasteiger charge is -2.16. The molecule has 4 rings (SSSR count). The second kappa shape index (κ2) is 8.57. The monoisotopic (exact) mass is 403 g/mol. The Morgan fingerprint density at radius 3 is 2.13 bits per heavy atom. The maximum atomic E-state index is 12.7. The van der Waals surface area contributed by atoms with Crippen molar-refractivity contribution in [2.45, 2.75) is 31.8 Å². The Kier molecular flexibility index (Phi) is 5.70. The zero-order chi connectivity index (χ0) is 21.1. The second-order valence-electron chi connectivity index (χ2n) is 7.63. The molecule has 0 aromatic heterocycles. The number of likely N-dealkylation sites (N-methyl/N-ethyl adjacent to an activating group) is 1. The molecule has 0 spiro atoms. The molecule has 1 saturated carbocycles. The van der Waals surface area contributed by atoms with Gasteiger partial charge >= 0.3 is 0 Å². The van der Waals surface area contributed by atoms with Crippen LogP contribution in [0, 0.1) is 0 Å². The number of hydrogen-bond donors (Lipinski definition) is 0. The quantitative estimate of drug-likeness (QED) is 0.546. The summed E-state index contributed by atoms with van der Waals surface area (Å²) < 4.78 is 11.6. The molecule has 0 unspecified atom stereocenters. The fourth-order valence-electron chi connectivity index (χ4n) is 3.90. The van der Waals surface area contributed by atoms with Gasteiger partial charge in [0, 0.05) is 7.05 Å². The van der Waals surface area contributed by atoms with Crippen molar-refractivity contribution in [1.29, 1.82) is 0 Å². The van der Waals surface area contributed by atoms with E-state index in [4.69, 9.17) is 9.47 Å². The average Bonchev–Trinajstić information content (AvgIpc) is 3.35. The van der Waals surface area contributed by atoms with Gasteiger partial charge in [0.2, 0.25) is 0 Å². The Labute approximate surface area is 176 Å². The molecule has 0 atom stereocenters. The van der Waals surface area contributed by atoms with E-state index in [1.807, 2.05) is 48.5 Å². The zero-order valence-electron chi connectivity index (χ0n) is 17.3. The van der Waals surface area contributed by atoms with Gasteiger partial charge in [-0.25, -0.2) is 0 Å². The zero-order valence-corrected chi connectivity index (χ0v) is 17.3. The fraction of sp³-hybridized carbons (Fsp3) is 0.280. The number of imide groups is 1. The van der Waals surface area contributed by atoms with Crippen molar-refractivity contribution in [3.63, 3.8) is 0 Å². The Morgan fingerprint density at radius 1 is 0.867 bits per heavy atom. The number of nitrogens with zero attached hydrogens (tertiary/aromatic N) is 1. The standard InChI is InChI=1S/C25H25NO4/c1-26-24(27)20(14-17-8-4-3-5-9-17)21(25(26)28)15-18-12-13-22(23(16-18)29-2)30-19-10-6-7-11-19/h3-5,8-9,12-16,19H,6-7,10-11H2,1-2H3. The van der Waals surface area contributed by atoms with Crippen molar-refractivity contribution in [2.75, 3.05) is 14.2 Å². The Morgan fingerprint density at radius 2 is 1.50 bits per heavy atom. The fourth-order valence-corrected chi connectivity index (χ4v) is 3.90. The summed E-state index contributed by atoms with van der Waals surface area (Å²) in [6.45, 7) is 0. The minimum absolute atomic E-state index is 0.228. The van der Waals surface area contributed by atoms with Crippen LogP contribution in [0.15, 0.2) is 59.7 Å². The molecule has 1 aliphatic heterocycles. The number of carbonyl (C=O) groups excluding carboxylic acids is 2. The van der Waals surface area contributed by atoms with Gasteiger partial charge in [-0.3, -0.25) is 14.5 Å². The number of likely N-dealkylation sites (tertiary alicyclic amines) is 1. The van der Waals surface area contributed by atoms with Crippen LogP contribution in [0.5, 0.6) is 11.5 Å². The van der Waals surface area contributed by atoms with Crippen LogP contribution >= 0.6 is 0 Å². The van der Waals surface area contributed by atoms with Crippen molar-refractivity contribution in [3.05, 3.63) is 70.8 Å². The average molecular weight is 403 g/mol. The first-order chi connectivity index (χ1) is 14.6. The highest BCUT2D eigenvalue weighted by atomic mass is 16.5. The molecule has 2 amide bonds. The second-order valence-corrected chi connectivity index (χ2v) is 7.63. The number of ether oxygens (including phenoxy) is 2. The lowest BCUT2D eigenvalue weighted by molar-refractivity contribution is -0.134. The molecule has 2 fully saturated rings. The summed E-state index contributed by atoms with van der Waals surface area (Å²) in [6.07, 6.45) is 8.22. The molecule has 1 aliphatic carbocycles. The van der Waals surface area contributed by atoms with Crippen molar-refractivity contribution in [2.24, 2.45) is 0 Å². The molecule has 2 aromatic rings. The highest BCUT2D eigenvalue weighted by Crippen LogP contribution is 2.34. The third kappa shape index (κ3) is 4.01. The Bertz CT molecular complexity index is 1020. The molecular weight excluding hydrogens is 378 g/mol. The number of hydrogen-bond acceptors (Lipinski definition) is 4. The minimum atomic E-state index is -0.313. The van der Waals surface area contributed by atoms with E-state index < -0.39 is 0 Å². The topological polar surface area (TPSA) is 55.8 Å². The molecule has 2 aromatic carbocycles. The van der Waals surface area contributed by atoms with Gasteiger partial charge in [0.15, 0.2) is 11.5 Å². The van der Waals surface area contributed by atoms with Crippen LogP contribution in [0.2, 0.25) is 0 Å². The van der Waals surface area contributed by atoms with Gasteiger partial charge in [0.05, 0.1) is 24.4 Å². The van der Waals surface area contributed by atoms with Crippen molar-refractivity contribution < 1.29 is 19.1 Å². The molecule has 5 heteroatoms. The van der Waals surface area contributed by atoms with Crippen LogP contribution in [0.3, 0.4) is 0 Å². The number of amides is 2. The molecule has 154 valence electrons. The largest absolute Gasteiger partial charge is 0.493 e. The van der Waals surface area contributed by atoms with Crippen LogP contribution < -0.4 is 9.47 Å². The third-order valence-electron chi connectivity index (χ3n) is 5.57. The predicted molar refractivity (Wildman–Crippen MR) is 116 cm³/mol. The van der Waals surface area contributed by atoms with E-state index in [9.17, 15) is 9.59 Å². The lowest BCUT2D eigenvalue weighted by atomic mass is 10.0. The Hall–Kier alpha value is -3.34. The van der Waals surface area contributed by atoms with Crippen LogP contribution in [-0.2, 0) is 9.59 Å². The SMILES string of the molecule is COc1cc(C=C2C(=O)N(C)C(=O)C2=Cc2ccccc2)ccc1OC1CCCC1. The van der Waals surface area contributed by atoms with Crippen molar-refractivity contribution in [1.82, 2.24) is 4.90 Å². The minimum Gasteiger partial charge on any atom is -0.493 e. The van der Waals surface area contributed by atoms with Crippen molar-refractivity contribution in [3.8, 4) is 11.5 Å². The molecule has 0 radical (unpaired) electrons. The highest BCUT2D eigenvalue weighted by molar-refractivity contribution is 6.28. The van der Waals surface area contributed by atoms with Gasteiger partial charge < -0.3 is 9.47 Å². The maximum absolute atomic E-state index is 12.7. The maximum Gasteiger partial charge on any atom is 0.261 e. The molecule has 0 N–H and O–H groups in total. The molecule has 30 heavy (non-hydrogen) atoms. The highest BCUT2D eigenvalue weighted by Gasteiger charge is 2.36. The normalized spacial score (nSPS) is 19.9. The van der Waals surface area contributed by atoms with E-state index in [0.717, 1.165) is 28.9 Å². The van der Waals surface area contributed by atoms with Crippen LogP contribution in [0.25, 0.3) is 12.2 Å². The van der Waals surface area contributed by atoms with Gasteiger partial charge in [-0.1, -0.05) is 36.4 Å². The first-order valence-corrected chi connectivity index (χ1v) is 10.2. The first kappa shape index (κ1) is 20.0. The molecular formula is C25H25NO4. The van der Waals surface area contributed by atoms with Gasteiger partial charge in [-0.2, -0.15) is 0 Å². The van der Waals surface area contributed by atoms with Gasteiger partial charge in [-0.05, 0) is 61.1 Å². The summed E-state index contributed by atoms with van der Waals surface area (Å²) >= 11 is 0. The molecule has 1 heterocycles. The van der Waals surface area contributed by atoms with Crippen LogP contribution in [0.1, 0.15) is 36.8 Å². The summed E-state index contributed by atoms with van der Waals surface area (Å²) in [5, 5.41) is 0. The smallest absolute Gasteiger partial charge is 0.261 e. The lowest BCUT2D eigenvalue weighted by Crippen LogP contribution is -2.24. The van der Waals surface area contributed by atoms with Gasteiger partial charge in [0.1, 0.15) is 0 Å². The van der Waals surface area contributed by atoms with E-state index in [-0.39, 0.29) is 17.9 Å². The van der Waals surface area contributed by atoms with Gasteiger partial charge in [-0.15, -0.1) is 0 Å². The Balaban J connectivity index is 1.68. The van der Waals surface area contributed by atoms with Crippen LogP contribution in [0.4, 0.5) is 0 Å². The number of carbonyl (C=O) groups is 2. The molecule has 1 saturated heterocycles. The third-order valence-corrected chi connectivity index (χ3v) is 5.57.